The number of hydrogen-bond donors (Lipinski definition) is 3. The van der Waals surface area contributed by atoms with Gasteiger partial charge in [0.05, 0.1) is 40.1 Å². The smallest absolute Gasteiger partial charge is 0.341 e. The van der Waals surface area contributed by atoms with Gasteiger partial charge in [0.1, 0.15) is 17.1 Å². The maximum absolute atomic E-state index is 15.3. The van der Waals surface area contributed by atoms with Crippen molar-refractivity contribution in [3.8, 4) is 5.75 Å². The van der Waals surface area contributed by atoms with Crippen molar-refractivity contribution in [1.82, 2.24) is 14.8 Å². The van der Waals surface area contributed by atoms with Crippen LogP contribution in [0.1, 0.15) is 68.3 Å². The highest BCUT2D eigenvalue weighted by molar-refractivity contribution is 5.96. The fraction of sp³-hybridized carbons (Fsp3) is 0.587. The molecule has 1 aromatic heterocycles. The van der Waals surface area contributed by atoms with Crippen LogP contribution < -0.4 is 9.64 Å². The van der Waals surface area contributed by atoms with E-state index in [1.807, 2.05) is 62.2 Å². The number of carbonyl (C=O) groups excluding carboxylic acids is 3. The van der Waals surface area contributed by atoms with Crippen LogP contribution in [0.4, 0.5) is 5.69 Å². The Bertz CT molecular complexity index is 2260. The minimum absolute atomic E-state index is 0.102. The first-order chi connectivity index (χ1) is 28.3. The molecule has 2 unspecified atom stereocenters. The van der Waals surface area contributed by atoms with E-state index in [1.165, 1.54) is 21.3 Å². The third-order valence-corrected chi connectivity index (χ3v) is 15.8. The quantitative estimate of drug-likeness (QED) is 0.181. The van der Waals surface area contributed by atoms with Crippen molar-refractivity contribution in [3.63, 3.8) is 0 Å². The molecule has 6 heterocycles. The average Bonchev–Trinajstić information content (AvgIpc) is 3.91. The van der Waals surface area contributed by atoms with Crippen LogP contribution in [0.2, 0.25) is 0 Å². The zero-order valence-electron chi connectivity index (χ0n) is 35.3. The molecule has 5 aliphatic heterocycles. The summed E-state index contributed by atoms with van der Waals surface area (Å²) in [5, 5.41) is 26.4. The maximum atomic E-state index is 15.3. The predicted molar refractivity (Wildman–Crippen MR) is 220 cm³/mol. The van der Waals surface area contributed by atoms with E-state index in [2.05, 4.69) is 26.9 Å². The number of rotatable bonds is 7. The summed E-state index contributed by atoms with van der Waals surface area (Å²) >= 11 is 0. The number of aliphatic hydroxyl groups is 2. The molecule has 13 heteroatoms. The topological polar surface area (TPSA) is 154 Å². The third kappa shape index (κ3) is 5.07. The number of likely N-dealkylation sites (N-methyl/N-ethyl adjacent to an activating group) is 1. The molecule has 0 radical (unpaired) electrons. The maximum Gasteiger partial charge on any atom is 0.341 e. The zero-order chi connectivity index (χ0) is 41.9. The summed E-state index contributed by atoms with van der Waals surface area (Å²) in [6.07, 6.45) is 7.12. The van der Waals surface area contributed by atoms with E-state index in [0.717, 1.165) is 33.4 Å². The summed E-state index contributed by atoms with van der Waals surface area (Å²) in [6, 6.07) is 10.9. The van der Waals surface area contributed by atoms with Crippen molar-refractivity contribution in [2.75, 3.05) is 73.1 Å². The molecule has 59 heavy (non-hydrogen) atoms. The van der Waals surface area contributed by atoms with Gasteiger partial charge in [-0.3, -0.25) is 19.4 Å². The highest BCUT2D eigenvalue weighted by atomic mass is 16.5. The van der Waals surface area contributed by atoms with Crippen LogP contribution in [0.25, 0.3) is 10.9 Å². The number of nitrogens with one attached hydrogen (secondary N) is 1. The van der Waals surface area contributed by atoms with Crippen LogP contribution in [0, 0.1) is 17.3 Å². The van der Waals surface area contributed by atoms with E-state index in [0.29, 0.717) is 82.6 Å². The largest absolute Gasteiger partial charge is 0.496 e. The van der Waals surface area contributed by atoms with Crippen LogP contribution in [-0.2, 0) is 45.8 Å². The summed E-state index contributed by atoms with van der Waals surface area (Å²) in [6.45, 7) is 7.27. The molecule has 1 spiro atoms. The first-order valence-corrected chi connectivity index (χ1v) is 21.2. The Balaban J connectivity index is 1.37. The molecule has 316 valence electrons. The van der Waals surface area contributed by atoms with Gasteiger partial charge in [-0.1, -0.05) is 44.2 Å². The number of hydrogen-bond acceptors (Lipinski definition) is 12. The van der Waals surface area contributed by atoms with Gasteiger partial charge in [-0.2, -0.15) is 0 Å². The van der Waals surface area contributed by atoms with Gasteiger partial charge in [-0.25, -0.2) is 4.79 Å². The number of ether oxygens (including phenoxy) is 4. The first kappa shape index (κ1) is 40.0. The number of fused-ring (bicyclic) bond motifs is 6. The minimum Gasteiger partial charge on any atom is -0.496 e. The lowest BCUT2D eigenvalue weighted by atomic mass is 9.44. The number of H-pyrrole nitrogens is 1. The Morgan fingerprint density at radius 3 is 2.37 bits per heavy atom. The summed E-state index contributed by atoms with van der Waals surface area (Å²) in [7, 11) is 7.42. The van der Waals surface area contributed by atoms with E-state index in [1.54, 1.807) is 7.11 Å². The van der Waals surface area contributed by atoms with Gasteiger partial charge in [0.15, 0.2) is 5.60 Å². The lowest BCUT2D eigenvalue weighted by Crippen LogP contribution is -2.80. The molecule has 10 atom stereocenters. The van der Waals surface area contributed by atoms with Crippen LogP contribution in [-0.4, -0.2) is 134 Å². The fourth-order valence-electron chi connectivity index (χ4n) is 13.7. The number of aromatic nitrogens is 1. The number of nitrogens with zero attached hydrogens (tertiary/aromatic N) is 3. The van der Waals surface area contributed by atoms with E-state index < -0.39 is 57.3 Å². The highest BCUT2D eigenvalue weighted by Crippen LogP contribution is 2.69. The summed E-state index contributed by atoms with van der Waals surface area (Å²) in [5.74, 6) is -2.96. The second-order valence-corrected chi connectivity index (χ2v) is 18.2. The third-order valence-electron chi connectivity index (χ3n) is 15.8. The van der Waals surface area contributed by atoms with E-state index in [9.17, 15) is 19.8 Å². The monoisotopic (exact) mass is 810 g/mol. The van der Waals surface area contributed by atoms with Gasteiger partial charge in [-0.15, -0.1) is 0 Å². The van der Waals surface area contributed by atoms with E-state index >= 15 is 4.79 Å². The molecule has 2 bridgehead atoms. The zero-order valence-corrected chi connectivity index (χ0v) is 35.3. The predicted octanol–water partition coefficient (Wildman–Crippen LogP) is 3.85. The van der Waals surface area contributed by atoms with Crippen molar-refractivity contribution in [3.05, 3.63) is 70.9 Å². The Kier molecular flexibility index (Phi) is 9.36. The summed E-state index contributed by atoms with van der Waals surface area (Å²) in [4.78, 5) is 54.4. The molecule has 1 aliphatic carbocycles. The van der Waals surface area contributed by atoms with Crippen LogP contribution >= 0.6 is 0 Å². The van der Waals surface area contributed by atoms with Gasteiger partial charge < -0.3 is 39.0 Å². The number of para-hydroxylation sites is 1. The van der Waals surface area contributed by atoms with Gasteiger partial charge in [0.2, 0.25) is 0 Å². The number of piperidine rings is 1. The van der Waals surface area contributed by atoms with Crippen LogP contribution in [0.5, 0.6) is 5.75 Å². The molecule has 1 saturated carbocycles. The lowest BCUT2D eigenvalue weighted by Gasteiger charge is -2.63. The summed E-state index contributed by atoms with van der Waals surface area (Å²) in [5.41, 5.74) is -1.77. The van der Waals surface area contributed by atoms with E-state index in [4.69, 9.17) is 18.9 Å². The molecule has 3 N–H and O–H groups in total. The second kappa shape index (κ2) is 13.8. The number of anilines is 1. The molecule has 0 amide bonds. The second-order valence-electron chi connectivity index (χ2n) is 18.2. The van der Waals surface area contributed by atoms with E-state index in [-0.39, 0.29) is 12.0 Å². The Morgan fingerprint density at radius 1 is 0.915 bits per heavy atom. The lowest BCUT2D eigenvalue weighted by molar-refractivity contribution is -0.209. The summed E-state index contributed by atoms with van der Waals surface area (Å²) < 4.78 is 23.2. The van der Waals surface area contributed by atoms with Crippen LogP contribution in [0.3, 0.4) is 0 Å². The molecule has 9 rings (SSSR count). The molecule has 6 aliphatic rings. The molecule has 2 aromatic carbocycles. The van der Waals surface area contributed by atoms with Crippen molar-refractivity contribution in [2.45, 2.75) is 86.5 Å². The molecular formula is C46H58N4O9. The standard InChI is InChI=1S/C46H58N4O9/c1-8-42(54)23-27-24-45(40(52)58-6,36-29(15-19-49(25-27)26-42)28-13-10-11-14-32(28)47-36)31-21-30-33(22-34(31)56-4)48(3)39-44(30)17-20-50-18-12-16-43(9-2,38(44)50)35(37(51)57-5)46(39,55)41(53)59-7/h10-14,16,21-22,27,35,38-39,47,54-55H,8-9,15,17-20,23-26H2,1-7H3/t27?,35-,38+,39-,42+,43+,44-,45+,46-/m1/s1. The highest BCUT2D eigenvalue weighted by Gasteiger charge is 2.80. The first-order valence-electron chi connectivity index (χ1n) is 21.2. The van der Waals surface area contributed by atoms with Gasteiger partial charge >= 0.3 is 17.9 Å². The van der Waals surface area contributed by atoms with Crippen molar-refractivity contribution >= 4 is 34.5 Å². The number of esters is 3. The molecule has 3 aromatic rings. The number of methoxy groups -OCH3 is 4. The van der Waals surface area contributed by atoms with Gasteiger partial charge in [-0.05, 0) is 74.2 Å². The van der Waals surface area contributed by atoms with Gasteiger partial charge in [0, 0.05) is 84.0 Å². The number of carbonyl (C=O) groups is 3. The Morgan fingerprint density at radius 2 is 1.68 bits per heavy atom. The number of aromatic amines is 1. The Hall–Kier alpha value is -4.43. The molecule has 2 saturated heterocycles. The minimum atomic E-state index is -2.34. The molecule has 13 nitrogen and oxygen atoms in total. The molecule has 3 fully saturated rings. The van der Waals surface area contributed by atoms with Crippen LogP contribution in [0.15, 0.2) is 48.6 Å². The normalized spacial score (nSPS) is 37.0. The SMILES string of the molecule is CC[C@]1(O)CC2CN(CCc3c([nH]c4ccccc34)[C@@](C(=O)OC)(c3cc4c(cc3OC)N(C)[C@H]3[C@@](O)(C(=O)OC)[C@H](C(=O)OC)[C@]5(CC)C=CCN6CC[C@]43[C@@H]65)C2)C1. The number of benzene rings is 2. The van der Waals surface area contributed by atoms with Crippen molar-refractivity contribution in [2.24, 2.45) is 17.3 Å². The van der Waals surface area contributed by atoms with Gasteiger partial charge in [0.25, 0.3) is 0 Å². The fourth-order valence-corrected chi connectivity index (χ4v) is 13.7. The van der Waals surface area contributed by atoms with Crippen molar-refractivity contribution in [1.29, 1.82) is 0 Å². The average molecular weight is 811 g/mol. The Labute approximate surface area is 345 Å². The van der Waals surface area contributed by atoms with Crippen molar-refractivity contribution < 1.29 is 43.5 Å². The molecular weight excluding hydrogens is 753 g/mol.